The predicted octanol–water partition coefficient (Wildman–Crippen LogP) is 5.58. The lowest BCUT2D eigenvalue weighted by Crippen LogP contribution is -2.00. The third-order valence-corrected chi connectivity index (χ3v) is 4.03. The third-order valence-electron chi connectivity index (χ3n) is 3.22. The summed E-state index contributed by atoms with van der Waals surface area (Å²) in [6, 6.07) is 13.2. The molecule has 0 N–H and O–H groups in total. The van der Waals surface area contributed by atoms with Gasteiger partial charge in [0.1, 0.15) is 6.61 Å². The molecule has 5 heteroatoms. The molecule has 3 nitrogen and oxygen atoms in total. The Bertz CT molecular complexity index is 861. The van der Waals surface area contributed by atoms with Crippen LogP contribution in [0.4, 0.5) is 0 Å². The fourth-order valence-electron chi connectivity index (χ4n) is 2.16. The first-order valence-electron chi connectivity index (χ1n) is 7.49. The highest BCUT2D eigenvalue weighted by Crippen LogP contribution is 2.37. The maximum absolute atomic E-state index is 9.48. The molecule has 0 unspecified atom stereocenters. The van der Waals surface area contributed by atoms with Crippen molar-refractivity contribution in [1.82, 2.24) is 0 Å². The molecule has 126 valence electrons. The summed E-state index contributed by atoms with van der Waals surface area (Å²) in [4.78, 5) is 0. The average molecular weight is 417 g/mol. The molecule has 0 aromatic heterocycles. The summed E-state index contributed by atoms with van der Waals surface area (Å²) in [5, 5.41) is 9.86. The molecule has 0 bridgehead atoms. The van der Waals surface area contributed by atoms with Gasteiger partial charge in [-0.1, -0.05) is 45.6 Å². The molecule has 0 aliphatic rings. The predicted molar refractivity (Wildman–Crippen MR) is 105 cm³/mol. The topological polar surface area (TPSA) is 42.2 Å². The number of rotatable bonds is 6. The van der Waals surface area contributed by atoms with Gasteiger partial charge in [-0.05, 0) is 48.4 Å². The molecular formula is C20H15BrClNO2. The van der Waals surface area contributed by atoms with Crippen molar-refractivity contribution >= 4 is 39.2 Å². The van der Waals surface area contributed by atoms with Gasteiger partial charge < -0.3 is 9.47 Å². The minimum atomic E-state index is 0.0946. The molecule has 0 saturated heterocycles. The van der Waals surface area contributed by atoms with Gasteiger partial charge in [-0.3, -0.25) is 0 Å². The maximum atomic E-state index is 9.48. The number of terminal acetylenes is 1. The summed E-state index contributed by atoms with van der Waals surface area (Å²) < 4.78 is 12.0. The van der Waals surface area contributed by atoms with Crippen molar-refractivity contribution in [3.05, 3.63) is 57.0 Å². The van der Waals surface area contributed by atoms with E-state index in [2.05, 4.69) is 27.9 Å². The number of allylic oxidation sites excluding steroid dienone is 1. The van der Waals surface area contributed by atoms with E-state index in [-0.39, 0.29) is 6.61 Å². The molecular weight excluding hydrogens is 402 g/mol. The van der Waals surface area contributed by atoms with Crippen LogP contribution in [0.1, 0.15) is 18.1 Å². The van der Waals surface area contributed by atoms with Crippen LogP contribution in [0.15, 0.2) is 40.9 Å². The van der Waals surface area contributed by atoms with E-state index in [9.17, 15) is 5.26 Å². The van der Waals surface area contributed by atoms with Crippen LogP contribution in [0.5, 0.6) is 11.5 Å². The molecule has 0 spiro atoms. The van der Waals surface area contributed by atoms with Gasteiger partial charge in [0.2, 0.25) is 0 Å². The van der Waals surface area contributed by atoms with E-state index < -0.39 is 0 Å². The number of hydrogen-bond acceptors (Lipinski definition) is 3. The van der Waals surface area contributed by atoms with Gasteiger partial charge in [-0.25, -0.2) is 0 Å². The lowest BCUT2D eigenvalue weighted by atomic mass is 10.0. The summed E-state index contributed by atoms with van der Waals surface area (Å²) in [5.74, 6) is 3.29. The Morgan fingerprint density at radius 2 is 2.00 bits per heavy atom. The van der Waals surface area contributed by atoms with Crippen LogP contribution in [0.2, 0.25) is 5.02 Å². The van der Waals surface area contributed by atoms with Crippen molar-refractivity contribution in [2.45, 2.75) is 6.92 Å². The van der Waals surface area contributed by atoms with Gasteiger partial charge in [-0.2, -0.15) is 5.26 Å². The quantitative estimate of drug-likeness (QED) is 0.351. The van der Waals surface area contributed by atoms with E-state index in [1.807, 2.05) is 31.2 Å². The first-order chi connectivity index (χ1) is 12.1. The molecule has 2 aromatic rings. The zero-order chi connectivity index (χ0) is 18.2. The standard InChI is InChI=1S/C20H15BrClNO2/c1-3-9-25-20-18(22)11-14(12-19(20)24-4-2)10-16(13-23)15-5-7-17(21)8-6-15/h1,5-8,10-12H,4,9H2,2H3/b16-10+. The van der Waals surface area contributed by atoms with Gasteiger partial charge in [-0.15, -0.1) is 6.42 Å². The second kappa shape index (κ2) is 9.18. The number of ether oxygens (including phenoxy) is 2. The minimum absolute atomic E-state index is 0.0946. The van der Waals surface area contributed by atoms with Crippen LogP contribution < -0.4 is 9.47 Å². The first kappa shape index (κ1) is 18.9. The highest BCUT2D eigenvalue weighted by Gasteiger charge is 2.12. The van der Waals surface area contributed by atoms with Crippen molar-refractivity contribution in [3.63, 3.8) is 0 Å². The van der Waals surface area contributed by atoms with Crippen LogP contribution in [0.3, 0.4) is 0 Å². The van der Waals surface area contributed by atoms with E-state index in [0.717, 1.165) is 15.6 Å². The fourth-order valence-corrected chi connectivity index (χ4v) is 2.70. The molecule has 0 saturated carbocycles. The summed E-state index contributed by atoms with van der Waals surface area (Å²) in [6.07, 6.45) is 6.98. The normalized spacial score (nSPS) is 10.7. The van der Waals surface area contributed by atoms with Gasteiger partial charge in [0, 0.05) is 4.47 Å². The van der Waals surface area contributed by atoms with Crippen LogP contribution in [0, 0.1) is 23.7 Å². The third kappa shape index (κ3) is 5.03. The highest BCUT2D eigenvalue weighted by molar-refractivity contribution is 9.10. The Morgan fingerprint density at radius 3 is 2.60 bits per heavy atom. The molecule has 2 rings (SSSR count). The van der Waals surface area contributed by atoms with Crippen molar-refractivity contribution in [3.8, 4) is 29.9 Å². The van der Waals surface area contributed by atoms with Gasteiger partial charge in [0.15, 0.2) is 11.5 Å². The summed E-state index contributed by atoms with van der Waals surface area (Å²) in [5.41, 5.74) is 2.07. The zero-order valence-electron chi connectivity index (χ0n) is 13.6. The molecule has 0 radical (unpaired) electrons. The van der Waals surface area contributed by atoms with Gasteiger partial charge >= 0.3 is 0 Å². The number of nitrogens with zero attached hydrogens (tertiary/aromatic N) is 1. The zero-order valence-corrected chi connectivity index (χ0v) is 15.9. The molecule has 0 heterocycles. The number of halogens is 2. The molecule has 0 aliphatic carbocycles. The van der Waals surface area contributed by atoms with Crippen LogP contribution in [0.25, 0.3) is 11.6 Å². The van der Waals surface area contributed by atoms with Crippen molar-refractivity contribution < 1.29 is 9.47 Å². The molecule has 0 fully saturated rings. The fraction of sp³-hybridized carbons (Fsp3) is 0.150. The Hall–Kier alpha value is -2.40. The number of nitriles is 1. The SMILES string of the molecule is C#CCOc1c(Cl)cc(/C=C(\C#N)c2ccc(Br)cc2)cc1OCC. The Balaban J connectivity index is 2.45. The first-order valence-corrected chi connectivity index (χ1v) is 8.66. The average Bonchev–Trinajstić information content (AvgIpc) is 2.60. The van der Waals surface area contributed by atoms with E-state index in [4.69, 9.17) is 27.5 Å². The second-order valence-electron chi connectivity index (χ2n) is 4.93. The van der Waals surface area contributed by atoms with Crippen LogP contribution >= 0.6 is 27.5 Å². The van der Waals surface area contributed by atoms with Crippen molar-refractivity contribution in [2.75, 3.05) is 13.2 Å². The van der Waals surface area contributed by atoms with Crippen molar-refractivity contribution in [2.24, 2.45) is 0 Å². The van der Waals surface area contributed by atoms with Gasteiger partial charge in [0.25, 0.3) is 0 Å². The lowest BCUT2D eigenvalue weighted by molar-refractivity contribution is 0.299. The second-order valence-corrected chi connectivity index (χ2v) is 6.26. The molecule has 0 atom stereocenters. The molecule has 2 aromatic carbocycles. The van der Waals surface area contributed by atoms with Crippen LogP contribution in [-0.4, -0.2) is 13.2 Å². The van der Waals surface area contributed by atoms with E-state index in [1.54, 1.807) is 18.2 Å². The Kier molecular flexibility index (Phi) is 6.95. The Morgan fingerprint density at radius 1 is 1.28 bits per heavy atom. The number of benzene rings is 2. The van der Waals surface area contributed by atoms with Gasteiger partial charge in [0.05, 0.1) is 23.3 Å². The molecule has 0 amide bonds. The highest BCUT2D eigenvalue weighted by atomic mass is 79.9. The molecule has 25 heavy (non-hydrogen) atoms. The van der Waals surface area contributed by atoms with E-state index in [1.165, 1.54) is 0 Å². The summed E-state index contributed by atoms with van der Waals surface area (Å²) in [6.45, 7) is 2.41. The smallest absolute Gasteiger partial charge is 0.181 e. The van der Waals surface area contributed by atoms with Crippen LogP contribution in [-0.2, 0) is 0 Å². The monoisotopic (exact) mass is 415 g/mol. The van der Waals surface area contributed by atoms with Crippen molar-refractivity contribution in [1.29, 1.82) is 5.26 Å². The number of hydrogen-bond donors (Lipinski definition) is 0. The van der Waals surface area contributed by atoms with E-state index >= 15 is 0 Å². The van der Waals surface area contributed by atoms with E-state index in [0.29, 0.717) is 28.7 Å². The minimum Gasteiger partial charge on any atom is -0.490 e. The maximum Gasteiger partial charge on any atom is 0.181 e. The molecule has 0 aliphatic heterocycles. The largest absolute Gasteiger partial charge is 0.490 e. The Labute approximate surface area is 161 Å². The summed E-state index contributed by atoms with van der Waals surface area (Å²) >= 11 is 9.69. The lowest BCUT2D eigenvalue weighted by Gasteiger charge is -2.13. The summed E-state index contributed by atoms with van der Waals surface area (Å²) in [7, 11) is 0.